The van der Waals surface area contributed by atoms with Gasteiger partial charge in [0.1, 0.15) is 10.6 Å². The number of carbonyl (C=O) groups is 1. The second-order valence-electron chi connectivity index (χ2n) is 8.36. The molecule has 2 aliphatic rings. The molecule has 1 amide bonds. The van der Waals surface area contributed by atoms with Crippen LogP contribution in [0.25, 0.3) is 0 Å². The first-order chi connectivity index (χ1) is 16.7. The summed E-state index contributed by atoms with van der Waals surface area (Å²) in [6.45, 7) is 1.58. The van der Waals surface area contributed by atoms with Crippen molar-refractivity contribution in [1.29, 1.82) is 0 Å². The summed E-state index contributed by atoms with van der Waals surface area (Å²) >= 11 is 0. The van der Waals surface area contributed by atoms with Gasteiger partial charge in [-0.05, 0) is 43.2 Å². The summed E-state index contributed by atoms with van der Waals surface area (Å²) in [5.74, 6) is -0.478. The maximum absolute atomic E-state index is 13.2. The Morgan fingerprint density at radius 2 is 1.54 bits per heavy atom. The van der Waals surface area contributed by atoms with E-state index in [0.717, 1.165) is 0 Å². The van der Waals surface area contributed by atoms with Crippen molar-refractivity contribution in [1.82, 2.24) is 8.61 Å². The van der Waals surface area contributed by atoms with Crippen molar-refractivity contribution in [2.75, 3.05) is 51.8 Å². The Bertz CT molecular complexity index is 1250. The van der Waals surface area contributed by atoms with Crippen molar-refractivity contribution < 1.29 is 31.1 Å². The number of piperidine rings is 1. The van der Waals surface area contributed by atoms with Crippen LogP contribution in [0.2, 0.25) is 0 Å². The summed E-state index contributed by atoms with van der Waals surface area (Å²) in [4.78, 5) is 13.1. The van der Waals surface area contributed by atoms with Crippen LogP contribution < -0.4 is 10.1 Å². The number of hydrogen-bond donors (Lipinski definition) is 1. The highest BCUT2D eigenvalue weighted by atomic mass is 32.2. The lowest BCUT2D eigenvalue weighted by Gasteiger charge is -2.30. The molecule has 0 aromatic heterocycles. The molecule has 1 N–H and O–H groups in total. The number of anilines is 1. The third-order valence-corrected chi connectivity index (χ3v) is 10.1. The molecule has 0 unspecified atom stereocenters. The zero-order chi connectivity index (χ0) is 25.1. The Morgan fingerprint density at radius 3 is 2.17 bits per heavy atom. The molecular formula is C23H29N3O7S2. The number of sulfonamides is 2. The van der Waals surface area contributed by atoms with Crippen LogP contribution in [0.3, 0.4) is 0 Å². The molecule has 2 aromatic carbocycles. The molecule has 0 spiro atoms. The zero-order valence-electron chi connectivity index (χ0n) is 19.4. The summed E-state index contributed by atoms with van der Waals surface area (Å²) < 4.78 is 65.2. The lowest BCUT2D eigenvalue weighted by Crippen LogP contribution is -2.41. The van der Waals surface area contributed by atoms with Crippen LogP contribution in [0.1, 0.15) is 12.8 Å². The first-order valence-electron chi connectivity index (χ1n) is 11.4. The number of benzene rings is 2. The molecule has 2 aromatic rings. The van der Waals surface area contributed by atoms with Gasteiger partial charge in [0.25, 0.3) is 0 Å². The van der Waals surface area contributed by atoms with Gasteiger partial charge in [0.15, 0.2) is 0 Å². The van der Waals surface area contributed by atoms with Crippen LogP contribution in [-0.2, 0) is 29.6 Å². The van der Waals surface area contributed by atoms with E-state index in [1.807, 2.05) is 0 Å². The van der Waals surface area contributed by atoms with Gasteiger partial charge in [-0.25, -0.2) is 16.8 Å². The predicted octanol–water partition coefficient (Wildman–Crippen LogP) is 1.76. The Hall–Kier alpha value is -2.51. The number of nitrogens with zero attached hydrogens (tertiary/aromatic N) is 2. The van der Waals surface area contributed by atoms with E-state index in [2.05, 4.69) is 5.32 Å². The Kier molecular flexibility index (Phi) is 7.77. The van der Waals surface area contributed by atoms with E-state index in [1.54, 1.807) is 36.4 Å². The summed E-state index contributed by atoms with van der Waals surface area (Å²) in [5.41, 5.74) is 0.335. The molecule has 2 fully saturated rings. The minimum Gasteiger partial charge on any atom is -0.495 e. The zero-order valence-corrected chi connectivity index (χ0v) is 21.1. The summed E-state index contributed by atoms with van der Waals surface area (Å²) in [7, 11) is -6.05. The molecule has 0 aliphatic carbocycles. The Morgan fingerprint density at radius 1 is 0.914 bits per heavy atom. The van der Waals surface area contributed by atoms with E-state index in [0.29, 0.717) is 31.7 Å². The van der Waals surface area contributed by atoms with Gasteiger partial charge >= 0.3 is 0 Å². The van der Waals surface area contributed by atoms with Crippen molar-refractivity contribution in [3.8, 4) is 5.75 Å². The molecule has 0 radical (unpaired) electrons. The maximum Gasteiger partial charge on any atom is 0.246 e. The number of ether oxygens (including phenoxy) is 2. The molecule has 2 saturated heterocycles. The van der Waals surface area contributed by atoms with E-state index < -0.39 is 26.0 Å². The minimum atomic E-state index is -3.83. The molecule has 0 saturated carbocycles. The maximum atomic E-state index is 13.2. The van der Waals surface area contributed by atoms with Crippen LogP contribution in [0, 0.1) is 5.92 Å². The highest BCUT2D eigenvalue weighted by Crippen LogP contribution is 2.31. The van der Waals surface area contributed by atoms with Gasteiger partial charge in [0.05, 0.1) is 25.2 Å². The molecule has 0 atom stereocenters. The van der Waals surface area contributed by atoms with Crippen molar-refractivity contribution in [2.24, 2.45) is 5.92 Å². The van der Waals surface area contributed by atoms with Gasteiger partial charge in [0, 0.05) is 37.8 Å². The van der Waals surface area contributed by atoms with E-state index >= 15 is 0 Å². The molecule has 0 bridgehead atoms. The number of nitrogens with one attached hydrogen (secondary N) is 1. The quantitative estimate of drug-likeness (QED) is 0.587. The third-order valence-electron chi connectivity index (χ3n) is 6.22. The summed E-state index contributed by atoms with van der Waals surface area (Å²) in [6, 6.07) is 12.7. The number of hydrogen-bond acceptors (Lipinski definition) is 7. The Labute approximate surface area is 205 Å². The molecule has 190 valence electrons. The van der Waals surface area contributed by atoms with Crippen molar-refractivity contribution in [3.63, 3.8) is 0 Å². The van der Waals surface area contributed by atoms with Gasteiger partial charge in [0.2, 0.25) is 26.0 Å². The van der Waals surface area contributed by atoms with E-state index in [4.69, 9.17) is 9.47 Å². The molecular weight excluding hydrogens is 494 g/mol. The average Bonchev–Trinajstić information content (AvgIpc) is 2.89. The lowest BCUT2D eigenvalue weighted by molar-refractivity contribution is -0.120. The normalized spacial score (nSPS) is 18.8. The molecule has 2 aliphatic heterocycles. The molecule has 4 rings (SSSR count). The number of carbonyl (C=O) groups excluding carboxylic acids is 1. The smallest absolute Gasteiger partial charge is 0.246 e. The van der Waals surface area contributed by atoms with E-state index in [1.165, 1.54) is 27.9 Å². The molecule has 12 heteroatoms. The number of rotatable bonds is 7. The van der Waals surface area contributed by atoms with Crippen LogP contribution in [0.4, 0.5) is 5.69 Å². The predicted molar refractivity (Wildman–Crippen MR) is 129 cm³/mol. The van der Waals surface area contributed by atoms with Gasteiger partial charge in [-0.15, -0.1) is 0 Å². The van der Waals surface area contributed by atoms with Crippen molar-refractivity contribution in [2.45, 2.75) is 22.6 Å². The number of methoxy groups -OCH3 is 1. The molecule has 10 nitrogen and oxygen atoms in total. The average molecular weight is 524 g/mol. The van der Waals surface area contributed by atoms with E-state index in [9.17, 15) is 21.6 Å². The third kappa shape index (κ3) is 5.51. The van der Waals surface area contributed by atoms with Crippen LogP contribution in [0.5, 0.6) is 5.75 Å². The van der Waals surface area contributed by atoms with Gasteiger partial charge in [-0.3, -0.25) is 4.79 Å². The second-order valence-corrected chi connectivity index (χ2v) is 12.2. The van der Waals surface area contributed by atoms with Crippen LogP contribution >= 0.6 is 0 Å². The highest BCUT2D eigenvalue weighted by molar-refractivity contribution is 7.89. The van der Waals surface area contributed by atoms with Gasteiger partial charge in [-0.2, -0.15) is 8.61 Å². The number of amides is 1. The molecule has 35 heavy (non-hydrogen) atoms. The van der Waals surface area contributed by atoms with Crippen molar-refractivity contribution in [3.05, 3.63) is 48.5 Å². The summed E-state index contributed by atoms with van der Waals surface area (Å²) in [6.07, 6.45) is 0.736. The van der Waals surface area contributed by atoms with Gasteiger partial charge < -0.3 is 14.8 Å². The largest absolute Gasteiger partial charge is 0.495 e. The fourth-order valence-electron chi connectivity index (χ4n) is 4.23. The van der Waals surface area contributed by atoms with Gasteiger partial charge in [-0.1, -0.05) is 18.2 Å². The number of morpholine rings is 1. The molecule has 2 heterocycles. The van der Waals surface area contributed by atoms with Crippen LogP contribution in [0.15, 0.2) is 58.3 Å². The summed E-state index contributed by atoms with van der Waals surface area (Å²) in [5, 5.41) is 2.79. The fraction of sp³-hybridized carbons (Fsp3) is 0.435. The fourth-order valence-corrected chi connectivity index (χ4v) is 7.31. The Balaban J connectivity index is 1.44. The second kappa shape index (κ2) is 10.6. The lowest BCUT2D eigenvalue weighted by atomic mass is 9.97. The first-order valence-corrected chi connectivity index (χ1v) is 14.2. The van der Waals surface area contributed by atoms with E-state index in [-0.39, 0.29) is 47.6 Å². The standard InChI is InChI=1S/C23H29N3O7S2/c1-32-21-8-7-19(17-22(21)35(30,31)26-13-15-33-16-14-26)24-23(27)18-9-11-25(12-10-18)34(28,29)20-5-3-2-4-6-20/h2-8,17-18H,9-16H2,1H3,(H,24,27). The highest BCUT2D eigenvalue weighted by Gasteiger charge is 2.33. The first kappa shape index (κ1) is 25.6. The minimum absolute atomic E-state index is 0.0246. The monoisotopic (exact) mass is 523 g/mol. The SMILES string of the molecule is COc1ccc(NC(=O)C2CCN(S(=O)(=O)c3ccccc3)CC2)cc1S(=O)(=O)N1CCOCC1. The van der Waals surface area contributed by atoms with Crippen molar-refractivity contribution >= 4 is 31.6 Å². The van der Waals surface area contributed by atoms with Crippen LogP contribution in [-0.4, -0.2) is 77.9 Å². The topological polar surface area (TPSA) is 122 Å².